The summed E-state index contributed by atoms with van der Waals surface area (Å²) in [5.41, 5.74) is 4.38. The van der Waals surface area contributed by atoms with Crippen molar-refractivity contribution in [2.24, 2.45) is 0 Å². The van der Waals surface area contributed by atoms with Crippen LogP contribution in [0.25, 0.3) is 0 Å². The fraction of sp³-hybridized carbons (Fsp3) is 0.500. The summed E-state index contributed by atoms with van der Waals surface area (Å²) in [6, 6.07) is 9.52. The number of hydrogen-bond donors (Lipinski definition) is 1. The first-order valence-electron chi connectivity index (χ1n) is 7.92. The molecule has 2 aromatic rings. The van der Waals surface area contributed by atoms with E-state index >= 15 is 0 Å². The first-order valence-corrected chi connectivity index (χ1v) is 8.80. The molecule has 0 aliphatic heterocycles. The van der Waals surface area contributed by atoms with E-state index in [-0.39, 0.29) is 0 Å². The van der Waals surface area contributed by atoms with Gasteiger partial charge in [0.25, 0.3) is 0 Å². The van der Waals surface area contributed by atoms with Crippen LogP contribution in [0.5, 0.6) is 0 Å². The van der Waals surface area contributed by atoms with Crippen LogP contribution < -0.4 is 5.32 Å². The molecule has 3 rings (SSSR count). The summed E-state index contributed by atoms with van der Waals surface area (Å²) in [5, 5.41) is 6.87. The highest BCUT2D eigenvalue weighted by atomic mass is 32.1. The Kier molecular flexibility index (Phi) is 4.71. The van der Waals surface area contributed by atoms with Crippen molar-refractivity contribution in [1.29, 1.82) is 0 Å². The van der Waals surface area contributed by atoms with Crippen molar-refractivity contribution >= 4 is 11.3 Å². The third-order valence-electron chi connectivity index (χ3n) is 4.59. The van der Waals surface area contributed by atoms with Gasteiger partial charge in [0.05, 0.1) is 10.7 Å². The van der Waals surface area contributed by atoms with Crippen molar-refractivity contribution in [2.45, 2.75) is 51.0 Å². The highest BCUT2D eigenvalue weighted by Crippen LogP contribution is 2.35. The number of rotatable bonds is 5. The zero-order chi connectivity index (χ0) is 14.7. The van der Waals surface area contributed by atoms with E-state index in [0.717, 1.165) is 6.42 Å². The average molecular weight is 300 g/mol. The maximum atomic E-state index is 4.61. The molecule has 21 heavy (non-hydrogen) atoms. The summed E-state index contributed by atoms with van der Waals surface area (Å²) in [7, 11) is 2.08. The normalized spacial score (nSPS) is 19.2. The molecule has 0 spiro atoms. The van der Waals surface area contributed by atoms with Crippen LogP contribution >= 0.6 is 11.3 Å². The molecular formula is C18H24N2S. The van der Waals surface area contributed by atoms with Gasteiger partial charge in [-0.3, -0.25) is 0 Å². The van der Waals surface area contributed by atoms with Crippen LogP contribution in [-0.4, -0.2) is 18.1 Å². The van der Waals surface area contributed by atoms with Crippen LogP contribution in [0, 0.1) is 6.92 Å². The predicted molar refractivity (Wildman–Crippen MR) is 90.1 cm³/mol. The monoisotopic (exact) mass is 300 g/mol. The van der Waals surface area contributed by atoms with Crippen molar-refractivity contribution in [1.82, 2.24) is 10.3 Å². The van der Waals surface area contributed by atoms with Gasteiger partial charge in [-0.05, 0) is 56.7 Å². The minimum Gasteiger partial charge on any atom is -0.317 e. The Morgan fingerprint density at radius 2 is 2.24 bits per heavy atom. The van der Waals surface area contributed by atoms with Crippen molar-refractivity contribution < 1.29 is 0 Å². The lowest BCUT2D eigenvalue weighted by Gasteiger charge is -2.28. The number of likely N-dealkylation sites (N-methyl/N-ethyl adjacent to an activating group) is 1. The molecule has 1 aliphatic carbocycles. The highest BCUT2D eigenvalue weighted by molar-refractivity contribution is 7.09. The van der Waals surface area contributed by atoms with Gasteiger partial charge in [0.2, 0.25) is 0 Å². The van der Waals surface area contributed by atoms with Crippen molar-refractivity contribution in [3.63, 3.8) is 0 Å². The largest absolute Gasteiger partial charge is 0.317 e. The third kappa shape index (κ3) is 3.53. The minimum atomic E-state index is 0.516. The fourth-order valence-corrected chi connectivity index (χ4v) is 4.13. The summed E-state index contributed by atoms with van der Waals surface area (Å²) in [6.07, 6.45) is 6.16. The Morgan fingerprint density at radius 1 is 1.38 bits per heavy atom. The van der Waals surface area contributed by atoms with Gasteiger partial charge in [0.1, 0.15) is 0 Å². The molecule has 0 saturated heterocycles. The summed E-state index contributed by atoms with van der Waals surface area (Å²) in [6.45, 7) is 2.08. The molecule has 2 unspecified atom stereocenters. The molecule has 0 fully saturated rings. The van der Waals surface area contributed by atoms with E-state index < -0.39 is 0 Å². The lowest BCUT2D eigenvalue weighted by atomic mass is 9.79. The minimum absolute atomic E-state index is 0.516. The second-order valence-electron chi connectivity index (χ2n) is 6.07. The Bertz CT molecular complexity index is 590. The van der Waals surface area contributed by atoms with Gasteiger partial charge in [-0.15, -0.1) is 11.3 Å². The van der Waals surface area contributed by atoms with Crippen molar-refractivity contribution in [3.05, 3.63) is 51.5 Å². The molecule has 2 nitrogen and oxygen atoms in total. The summed E-state index contributed by atoms with van der Waals surface area (Å²) in [5.74, 6) is 0.701. The first kappa shape index (κ1) is 14.7. The molecule has 112 valence electrons. The van der Waals surface area contributed by atoms with E-state index in [2.05, 4.69) is 53.9 Å². The van der Waals surface area contributed by atoms with Gasteiger partial charge < -0.3 is 5.32 Å². The van der Waals surface area contributed by atoms with Crippen LogP contribution in [-0.2, 0) is 12.8 Å². The molecule has 1 N–H and O–H groups in total. The molecule has 0 bridgehead atoms. The number of hydrogen-bond acceptors (Lipinski definition) is 3. The topological polar surface area (TPSA) is 24.9 Å². The van der Waals surface area contributed by atoms with E-state index in [1.807, 2.05) is 0 Å². The zero-order valence-electron chi connectivity index (χ0n) is 12.9. The first-order chi connectivity index (χ1) is 10.3. The van der Waals surface area contributed by atoms with E-state index in [9.17, 15) is 0 Å². The van der Waals surface area contributed by atoms with Crippen LogP contribution in [0.15, 0.2) is 29.6 Å². The van der Waals surface area contributed by atoms with Crippen LogP contribution in [0.3, 0.4) is 0 Å². The second-order valence-corrected chi connectivity index (χ2v) is 7.13. The molecule has 1 heterocycles. The predicted octanol–water partition coefficient (Wildman–Crippen LogP) is 4.09. The number of benzene rings is 1. The van der Waals surface area contributed by atoms with Gasteiger partial charge >= 0.3 is 0 Å². The van der Waals surface area contributed by atoms with Crippen LogP contribution in [0.2, 0.25) is 0 Å². The van der Waals surface area contributed by atoms with E-state index in [0.29, 0.717) is 12.0 Å². The Morgan fingerprint density at radius 3 is 3.00 bits per heavy atom. The van der Waals surface area contributed by atoms with Gasteiger partial charge in [-0.25, -0.2) is 4.98 Å². The Hall–Kier alpha value is -1.19. The zero-order valence-corrected chi connectivity index (χ0v) is 13.7. The molecule has 1 aliphatic rings. The second kappa shape index (κ2) is 6.71. The SMILES string of the molecule is CNC(Cc1csc(C)n1)CC1CCCc2ccccc21. The molecule has 1 aromatic carbocycles. The number of thiazole rings is 1. The Labute approximate surface area is 131 Å². The molecule has 1 aromatic heterocycles. The van der Waals surface area contributed by atoms with Gasteiger partial charge in [-0.2, -0.15) is 0 Å². The molecule has 3 heteroatoms. The van der Waals surface area contributed by atoms with Gasteiger partial charge in [0.15, 0.2) is 0 Å². The average Bonchev–Trinajstić information content (AvgIpc) is 2.92. The van der Waals surface area contributed by atoms with E-state index in [1.54, 1.807) is 22.5 Å². The maximum absolute atomic E-state index is 4.61. The van der Waals surface area contributed by atoms with Crippen molar-refractivity contribution in [3.8, 4) is 0 Å². The molecule has 2 atom stereocenters. The lowest BCUT2D eigenvalue weighted by Crippen LogP contribution is -2.30. The third-order valence-corrected chi connectivity index (χ3v) is 5.42. The van der Waals surface area contributed by atoms with Crippen LogP contribution in [0.4, 0.5) is 0 Å². The summed E-state index contributed by atoms with van der Waals surface area (Å²) >= 11 is 1.75. The Balaban J connectivity index is 1.70. The van der Waals surface area contributed by atoms with Crippen molar-refractivity contribution in [2.75, 3.05) is 7.05 Å². The van der Waals surface area contributed by atoms with Gasteiger partial charge in [0, 0.05) is 17.8 Å². The number of fused-ring (bicyclic) bond motifs is 1. The maximum Gasteiger partial charge on any atom is 0.0897 e. The molecule has 0 saturated carbocycles. The number of aromatic nitrogens is 1. The number of nitrogens with one attached hydrogen (secondary N) is 1. The summed E-state index contributed by atoms with van der Waals surface area (Å²) in [4.78, 5) is 4.61. The smallest absolute Gasteiger partial charge is 0.0897 e. The summed E-state index contributed by atoms with van der Waals surface area (Å²) < 4.78 is 0. The quantitative estimate of drug-likeness (QED) is 0.899. The van der Waals surface area contributed by atoms with E-state index in [1.165, 1.54) is 36.4 Å². The molecule has 0 radical (unpaired) electrons. The molecular weight excluding hydrogens is 276 g/mol. The number of aryl methyl sites for hydroxylation is 2. The molecule has 0 amide bonds. The van der Waals surface area contributed by atoms with Crippen LogP contribution in [0.1, 0.15) is 47.0 Å². The standard InChI is InChI=1S/C18H24N2S/c1-13-20-17(12-21-13)11-16(19-2)10-15-8-5-7-14-6-3-4-9-18(14)15/h3-4,6,9,12,15-16,19H,5,7-8,10-11H2,1-2H3. The fourth-order valence-electron chi connectivity index (χ4n) is 3.50. The number of nitrogens with zero attached hydrogens (tertiary/aromatic N) is 1. The highest BCUT2D eigenvalue weighted by Gasteiger charge is 2.23. The van der Waals surface area contributed by atoms with E-state index in [4.69, 9.17) is 0 Å². The lowest BCUT2D eigenvalue weighted by molar-refractivity contribution is 0.426. The van der Waals surface area contributed by atoms with Gasteiger partial charge in [-0.1, -0.05) is 24.3 Å².